The van der Waals surface area contributed by atoms with Crippen LogP contribution in [-0.2, 0) is 6.32 Å². The second kappa shape index (κ2) is 2.53. The van der Waals surface area contributed by atoms with E-state index in [1.807, 2.05) is 0 Å². The van der Waals surface area contributed by atoms with Gasteiger partial charge in [-0.15, -0.1) is 0 Å². The lowest BCUT2D eigenvalue weighted by Crippen LogP contribution is -2.03. The third-order valence-corrected chi connectivity index (χ3v) is 1.08. The second-order valence-corrected chi connectivity index (χ2v) is 1.77. The van der Waals surface area contributed by atoms with Crippen LogP contribution in [0.1, 0.15) is 5.56 Å². The van der Waals surface area contributed by atoms with Gasteiger partial charge in [-0.25, -0.2) is 0 Å². The van der Waals surface area contributed by atoms with Crippen LogP contribution in [0.4, 0.5) is 0 Å². The zero-order chi connectivity index (χ0) is 6.69. The molecule has 0 spiro atoms. The Labute approximate surface area is 54.3 Å². The molecular formula is C6H6BNO. The van der Waals surface area contributed by atoms with Gasteiger partial charge in [-0.05, 0) is 11.6 Å². The third-order valence-electron chi connectivity index (χ3n) is 1.08. The fraction of sp³-hybridized carbons (Fsp3) is 0.167. The summed E-state index contributed by atoms with van der Waals surface area (Å²) < 4.78 is 0. The van der Waals surface area contributed by atoms with Crippen molar-refractivity contribution in [3.63, 3.8) is 0 Å². The summed E-state index contributed by atoms with van der Waals surface area (Å²) in [4.78, 5) is 13.0. The topological polar surface area (TPSA) is 32.9 Å². The number of aromatic amines is 1. The zero-order valence-electron chi connectivity index (χ0n) is 4.92. The summed E-state index contributed by atoms with van der Waals surface area (Å²) in [6.45, 7) is 0. The van der Waals surface area contributed by atoms with Gasteiger partial charge in [0.05, 0.1) is 7.85 Å². The molecule has 0 aliphatic rings. The van der Waals surface area contributed by atoms with Crippen molar-refractivity contribution < 1.29 is 0 Å². The lowest BCUT2D eigenvalue weighted by atomic mass is 9.98. The Hall–Kier alpha value is -0.985. The largest absolute Gasteiger partial charge is 0.329 e. The molecule has 0 bridgehead atoms. The number of hydrogen-bond donors (Lipinski definition) is 1. The van der Waals surface area contributed by atoms with Gasteiger partial charge < -0.3 is 4.98 Å². The molecule has 3 heteroatoms. The fourth-order valence-corrected chi connectivity index (χ4v) is 0.616. The molecule has 0 aliphatic heterocycles. The highest BCUT2D eigenvalue weighted by atomic mass is 16.1. The molecule has 0 unspecified atom stereocenters. The van der Waals surface area contributed by atoms with E-state index in [0.29, 0.717) is 6.32 Å². The van der Waals surface area contributed by atoms with E-state index in [4.69, 9.17) is 7.85 Å². The zero-order valence-corrected chi connectivity index (χ0v) is 4.92. The minimum Gasteiger partial charge on any atom is -0.329 e. The van der Waals surface area contributed by atoms with Crippen LogP contribution in [0.5, 0.6) is 0 Å². The first-order chi connectivity index (χ1) is 4.33. The lowest BCUT2D eigenvalue weighted by Gasteiger charge is -1.90. The number of H-pyrrole nitrogens is 1. The number of nitrogens with one attached hydrogen (secondary N) is 1. The van der Waals surface area contributed by atoms with Crippen LogP contribution >= 0.6 is 0 Å². The molecule has 1 N–H and O–H groups in total. The van der Waals surface area contributed by atoms with E-state index in [-0.39, 0.29) is 5.56 Å². The minimum atomic E-state index is -0.0991. The average Bonchev–Trinajstić information content (AvgIpc) is 1.88. The summed E-state index contributed by atoms with van der Waals surface area (Å²) in [5.74, 6) is 0. The van der Waals surface area contributed by atoms with Gasteiger partial charge in [0, 0.05) is 12.3 Å². The molecular weight excluding hydrogens is 113 g/mol. The lowest BCUT2D eigenvalue weighted by molar-refractivity contribution is 1.20. The number of rotatable bonds is 1. The summed E-state index contributed by atoms with van der Waals surface area (Å²) in [5.41, 5.74) is 0.761. The summed E-state index contributed by atoms with van der Waals surface area (Å²) >= 11 is 0. The van der Waals surface area contributed by atoms with E-state index in [2.05, 4.69) is 4.98 Å². The molecule has 0 atom stereocenters. The summed E-state index contributed by atoms with van der Waals surface area (Å²) in [6.07, 6.45) is 2.01. The van der Waals surface area contributed by atoms with Crippen molar-refractivity contribution in [1.29, 1.82) is 0 Å². The molecule has 1 aromatic heterocycles. The van der Waals surface area contributed by atoms with E-state index in [9.17, 15) is 4.79 Å². The monoisotopic (exact) mass is 119 g/mol. The van der Waals surface area contributed by atoms with E-state index in [0.717, 1.165) is 5.56 Å². The van der Waals surface area contributed by atoms with E-state index in [1.54, 1.807) is 12.3 Å². The Morgan fingerprint density at radius 3 is 2.89 bits per heavy atom. The Kier molecular flexibility index (Phi) is 1.73. The quantitative estimate of drug-likeness (QED) is 0.520. The molecule has 2 nitrogen and oxygen atoms in total. The van der Waals surface area contributed by atoms with Gasteiger partial charge in [-0.1, -0.05) is 6.32 Å². The minimum absolute atomic E-state index is 0.0991. The normalized spacial score (nSPS) is 9.33. The SMILES string of the molecule is [B]Cc1cc[nH]c(=O)c1. The highest BCUT2D eigenvalue weighted by molar-refractivity contribution is 6.08. The predicted molar refractivity (Wildman–Crippen MR) is 36.5 cm³/mol. The van der Waals surface area contributed by atoms with Gasteiger partial charge >= 0.3 is 0 Å². The van der Waals surface area contributed by atoms with Crippen molar-refractivity contribution in [2.75, 3.05) is 0 Å². The van der Waals surface area contributed by atoms with E-state index < -0.39 is 0 Å². The van der Waals surface area contributed by atoms with Crippen molar-refractivity contribution in [3.8, 4) is 0 Å². The van der Waals surface area contributed by atoms with Crippen molar-refractivity contribution >= 4 is 7.85 Å². The molecule has 0 fully saturated rings. The van der Waals surface area contributed by atoms with Crippen LogP contribution < -0.4 is 5.56 Å². The van der Waals surface area contributed by atoms with Gasteiger partial charge in [-0.3, -0.25) is 4.79 Å². The van der Waals surface area contributed by atoms with Crippen LogP contribution in [0, 0.1) is 0 Å². The smallest absolute Gasteiger partial charge is 0.248 e. The summed E-state index contributed by atoms with van der Waals surface area (Å²) in [7, 11) is 5.27. The Morgan fingerprint density at radius 2 is 2.44 bits per heavy atom. The van der Waals surface area contributed by atoms with Gasteiger partial charge in [-0.2, -0.15) is 0 Å². The molecule has 2 radical (unpaired) electrons. The summed E-state index contributed by atoms with van der Waals surface area (Å²) in [6, 6.07) is 3.27. The maximum atomic E-state index is 10.5. The molecule has 0 saturated carbocycles. The Bertz CT molecular complexity index is 243. The van der Waals surface area contributed by atoms with Gasteiger partial charge in [0.25, 0.3) is 0 Å². The highest BCUT2D eigenvalue weighted by Gasteiger charge is 1.85. The molecule has 9 heavy (non-hydrogen) atoms. The second-order valence-electron chi connectivity index (χ2n) is 1.77. The standard InChI is InChI=1S/C6H6BNO/c7-4-5-1-2-8-6(9)3-5/h1-3H,4H2,(H,8,9). The molecule has 0 amide bonds. The van der Waals surface area contributed by atoms with Gasteiger partial charge in [0.2, 0.25) is 5.56 Å². The average molecular weight is 119 g/mol. The van der Waals surface area contributed by atoms with Crippen LogP contribution in [-0.4, -0.2) is 12.8 Å². The van der Waals surface area contributed by atoms with Crippen molar-refractivity contribution in [1.82, 2.24) is 4.98 Å². The van der Waals surface area contributed by atoms with Crippen LogP contribution in [0.3, 0.4) is 0 Å². The Morgan fingerprint density at radius 1 is 1.67 bits per heavy atom. The Balaban J connectivity index is 3.08. The molecule has 44 valence electrons. The first-order valence-electron chi connectivity index (χ1n) is 2.70. The van der Waals surface area contributed by atoms with Crippen molar-refractivity contribution in [3.05, 3.63) is 34.2 Å². The predicted octanol–water partition coefficient (Wildman–Crippen LogP) is 0.0434. The first kappa shape index (κ1) is 6.14. The molecule has 0 aromatic carbocycles. The molecule has 1 rings (SSSR count). The maximum Gasteiger partial charge on any atom is 0.248 e. The molecule has 1 heterocycles. The van der Waals surface area contributed by atoms with Crippen molar-refractivity contribution in [2.24, 2.45) is 0 Å². The van der Waals surface area contributed by atoms with Gasteiger partial charge in [0.1, 0.15) is 0 Å². The van der Waals surface area contributed by atoms with Crippen molar-refractivity contribution in [2.45, 2.75) is 6.32 Å². The van der Waals surface area contributed by atoms with Crippen LogP contribution in [0.25, 0.3) is 0 Å². The van der Waals surface area contributed by atoms with Crippen LogP contribution in [0.15, 0.2) is 23.1 Å². The molecule has 1 aromatic rings. The first-order valence-corrected chi connectivity index (χ1v) is 2.70. The third kappa shape index (κ3) is 1.45. The summed E-state index contributed by atoms with van der Waals surface area (Å²) in [5, 5.41) is 0. The number of pyridine rings is 1. The van der Waals surface area contributed by atoms with E-state index in [1.165, 1.54) is 6.07 Å². The van der Waals surface area contributed by atoms with E-state index >= 15 is 0 Å². The number of hydrogen-bond acceptors (Lipinski definition) is 1. The highest BCUT2D eigenvalue weighted by Crippen LogP contribution is 1.88. The van der Waals surface area contributed by atoms with Crippen LogP contribution in [0.2, 0.25) is 0 Å². The molecule has 0 aliphatic carbocycles. The molecule has 0 saturated heterocycles. The fourth-order valence-electron chi connectivity index (χ4n) is 0.616. The van der Waals surface area contributed by atoms with Gasteiger partial charge in [0.15, 0.2) is 0 Å². The maximum absolute atomic E-state index is 10.5. The number of aromatic nitrogens is 1.